The van der Waals surface area contributed by atoms with E-state index in [0.29, 0.717) is 12.4 Å². The van der Waals surface area contributed by atoms with Crippen LogP contribution in [-0.4, -0.2) is 17.0 Å². The topological polar surface area (TPSA) is 41.1 Å². The Morgan fingerprint density at radius 1 is 1.09 bits per heavy atom. The second kappa shape index (κ2) is 6.70. The van der Waals surface area contributed by atoms with Crippen LogP contribution in [-0.2, 0) is 6.54 Å². The van der Waals surface area contributed by atoms with E-state index in [1.807, 2.05) is 17.3 Å². The van der Waals surface area contributed by atoms with Crippen LogP contribution in [0.25, 0.3) is 0 Å². The van der Waals surface area contributed by atoms with E-state index < -0.39 is 0 Å². The van der Waals surface area contributed by atoms with Gasteiger partial charge in [-0.25, -0.2) is 18.7 Å². The van der Waals surface area contributed by atoms with E-state index in [9.17, 15) is 8.78 Å². The lowest BCUT2D eigenvalue weighted by atomic mass is 10.3. The molecule has 7 heteroatoms. The Labute approximate surface area is 136 Å². The van der Waals surface area contributed by atoms with Crippen LogP contribution in [0.5, 0.6) is 0 Å². The average Bonchev–Trinajstić information content (AvgIpc) is 3.03. The molecule has 4 nitrogen and oxygen atoms in total. The number of aromatic nitrogens is 2. The molecular formula is C16H14F2N4S. The maximum Gasteiger partial charge on any atom is 0.189 e. The van der Waals surface area contributed by atoms with Gasteiger partial charge in [0.2, 0.25) is 0 Å². The van der Waals surface area contributed by atoms with Gasteiger partial charge >= 0.3 is 0 Å². The second-order valence-corrected chi connectivity index (χ2v) is 5.71. The van der Waals surface area contributed by atoms with Crippen LogP contribution in [0.3, 0.4) is 0 Å². The highest BCUT2D eigenvalue weighted by atomic mass is 32.1. The van der Waals surface area contributed by atoms with E-state index in [2.05, 4.69) is 15.3 Å². The summed E-state index contributed by atoms with van der Waals surface area (Å²) >= 11 is 1.49. The number of nitrogens with one attached hydrogen (secondary N) is 1. The normalized spacial score (nSPS) is 10.6. The molecule has 0 saturated heterocycles. The number of hydrogen-bond acceptors (Lipinski definition) is 5. The maximum atomic E-state index is 13.0. The lowest BCUT2D eigenvalue weighted by molar-refractivity contribution is 0.621. The van der Waals surface area contributed by atoms with E-state index in [4.69, 9.17) is 0 Å². The average molecular weight is 332 g/mol. The van der Waals surface area contributed by atoms with Gasteiger partial charge in [-0.3, -0.25) is 0 Å². The summed E-state index contributed by atoms with van der Waals surface area (Å²) in [7, 11) is 1.88. The van der Waals surface area contributed by atoms with Gasteiger partial charge in [0.25, 0.3) is 0 Å². The number of rotatable bonds is 5. The first-order valence-corrected chi connectivity index (χ1v) is 7.79. The number of anilines is 3. The van der Waals surface area contributed by atoms with Crippen LogP contribution in [0.15, 0.2) is 48.0 Å². The molecule has 0 unspecified atom stereocenters. The first-order chi connectivity index (χ1) is 11.1. The summed E-state index contributed by atoms with van der Waals surface area (Å²) in [5.74, 6) is -0.0433. The summed E-state index contributed by atoms with van der Waals surface area (Å²) in [6.45, 7) is 0.492. The predicted octanol–water partition coefficient (Wildman–Crippen LogP) is 4.20. The van der Waals surface area contributed by atoms with Crippen molar-refractivity contribution in [2.75, 3.05) is 17.3 Å². The Morgan fingerprint density at radius 2 is 1.83 bits per heavy atom. The van der Waals surface area contributed by atoms with Crippen molar-refractivity contribution in [2.45, 2.75) is 6.54 Å². The van der Waals surface area contributed by atoms with Gasteiger partial charge in [0, 0.05) is 18.1 Å². The van der Waals surface area contributed by atoms with Crippen molar-refractivity contribution >= 4 is 28.0 Å². The van der Waals surface area contributed by atoms with Crippen molar-refractivity contribution in [3.63, 3.8) is 0 Å². The first-order valence-electron chi connectivity index (χ1n) is 6.91. The van der Waals surface area contributed by atoms with Gasteiger partial charge in [0.15, 0.2) is 5.13 Å². The number of thiazole rings is 1. The smallest absolute Gasteiger partial charge is 0.189 e. The summed E-state index contributed by atoms with van der Waals surface area (Å²) in [5.41, 5.74) is 1.71. The third kappa shape index (κ3) is 3.81. The Bertz CT molecular complexity index is 772. The van der Waals surface area contributed by atoms with Gasteiger partial charge < -0.3 is 10.2 Å². The molecule has 23 heavy (non-hydrogen) atoms. The summed E-state index contributed by atoms with van der Waals surface area (Å²) < 4.78 is 25.8. The fourth-order valence-corrected chi connectivity index (χ4v) is 2.78. The number of pyridine rings is 1. The van der Waals surface area contributed by atoms with Gasteiger partial charge in [0.1, 0.15) is 17.5 Å². The van der Waals surface area contributed by atoms with E-state index in [1.54, 1.807) is 18.2 Å². The molecule has 0 amide bonds. The van der Waals surface area contributed by atoms with Crippen LogP contribution >= 0.6 is 11.3 Å². The number of hydrogen-bond donors (Lipinski definition) is 1. The van der Waals surface area contributed by atoms with E-state index in [-0.39, 0.29) is 11.6 Å². The molecule has 0 saturated carbocycles. The highest BCUT2D eigenvalue weighted by Crippen LogP contribution is 2.27. The molecule has 0 aliphatic heterocycles. The fraction of sp³-hybridized carbons (Fsp3) is 0.125. The van der Waals surface area contributed by atoms with Crippen LogP contribution in [0.4, 0.5) is 25.4 Å². The molecule has 3 rings (SSSR count). The summed E-state index contributed by atoms with van der Waals surface area (Å²) in [6.07, 6.45) is 1.16. The largest absolute Gasteiger partial charge is 0.364 e. The number of halogens is 2. The Morgan fingerprint density at radius 3 is 2.52 bits per heavy atom. The minimum absolute atomic E-state index is 0.266. The van der Waals surface area contributed by atoms with E-state index in [1.165, 1.54) is 29.5 Å². The van der Waals surface area contributed by atoms with Crippen molar-refractivity contribution < 1.29 is 8.78 Å². The van der Waals surface area contributed by atoms with Crippen molar-refractivity contribution in [3.05, 3.63) is 65.3 Å². The predicted molar refractivity (Wildman–Crippen MR) is 88.1 cm³/mol. The zero-order chi connectivity index (χ0) is 16.2. The highest BCUT2D eigenvalue weighted by molar-refractivity contribution is 7.13. The minimum atomic E-state index is -0.368. The third-order valence-corrected chi connectivity index (χ3v) is 4.18. The van der Waals surface area contributed by atoms with Crippen molar-refractivity contribution in [2.24, 2.45) is 0 Å². The van der Waals surface area contributed by atoms with Gasteiger partial charge in [-0.15, -0.1) is 11.3 Å². The zero-order valence-electron chi connectivity index (χ0n) is 12.3. The number of nitrogens with zero attached hydrogens (tertiary/aromatic N) is 3. The fourth-order valence-electron chi connectivity index (χ4n) is 1.97. The molecule has 0 atom stereocenters. The monoisotopic (exact) mass is 332 g/mol. The van der Waals surface area contributed by atoms with E-state index in [0.717, 1.165) is 22.7 Å². The van der Waals surface area contributed by atoms with Crippen molar-refractivity contribution in [3.8, 4) is 0 Å². The molecule has 0 bridgehead atoms. The van der Waals surface area contributed by atoms with Gasteiger partial charge in [-0.1, -0.05) is 0 Å². The molecule has 118 valence electrons. The maximum absolute atomic E-state index is 13.0. The molecule has 1 N–H and O–H groups in total. The lowest BCUT2D eigenvalue weighted by Crippen LogP contribution is -2.09. The lowest BCUT2D eigenvalue weighted by Gasteiger charge is -2.15. The van der Waals surface area contributed by atoms with Gasteiger partial charge in [0.05, 0.1) is 18.4 Å². The van der Waals surface area contributed by atoms with Gasteiger partial charge in [-0.05, 0) is 36.4 Å². The minimum Gasteiger partial charge on any atom is -0.364 e. The van der Waals surface area contributed by atoms with Crippen molar-refractivity contribution in [1.82, 2.24) is 9.97 Å². The Kier molecular flexibility index (Phi) is 4.47. The Balaban J connectivity index is 1.65. The molecule has 3 aromatic rings. The molecule has 0 radical (unpaired) electrons. The summed E-state index contributed by atoms with van der Waals surface area (Å²) in [6, 6.07) is 9.18. The van der Waals surface area contributed by atoms with E-state index >= 15 is 0 Å². The van der Waals surface area contributed by atoms with Crippen LogP contribution in [0.2, 0.25) is 0 Å². The summed E-state index contributed by atoms with van der Waals surface area (Å²) in [5, 5.41) is 5.83. The zero-order valence-corrected chi connectivity index (χ0v) is 13.1. The second-order valence-electron chi connectivity index (χ2n) is 4.87. The summed E-state index contributed by atoms with van der Waals surface area (Å²) in [4.78, 5) is 10.4. The number of benzene rings is 1. The van der Waals surface area contributed by atoms with Crippen molar-refractivity contribution in [1.29, 1.82) is 0 Å². The van der Waals surface area contributed by atoms with Crippen LogP contribution in [0.1, 0.15) is 5.69 Å². The molecule has 0 fully saturated rings. The first kappa shape index (κ1) is 15.4. The van der Waals surface area contributed by atoms with Crippen LogP contribution in [0, 0.1) is 11.6 Å². The standard InChI is InChI=1S/C16H14F2N4S/c1-22(14-5-2-11(17)3-6-14)16-21-13(10-23-16)9-20-15-7-4-12(18)8-19-15/h2-8,10H,9H2,1H3,(H,19,20). The van der Waals surface area contributed by atoms with Gasteiger partial charge in [-0.2, -0.15) is 0 Å². The molecule has 2 aromatic heterocycles. The quantitative estimate of drug-likeness (QED) is 0.760. The SMILES string of the molecule is CN(c1ccc(F)cc1)c1nc(CNc2ccc(F)cn2)cs1. The Hall–Kier alpha value is -2.54. The molecule has 2 heterocycles. The molecule has 1 aromatic carbocycles. The molecule has 0 aliphatic carbocycles. The highest BCUT2D eigenvalue weighted by Gasteiger charge is 2.09. The molecular weight excluding hydrogens is 318 g/mol. The third-order valence-electron chi connectivity index (χ3n) is 3.22. The van der Waals surface area contributed by atoms with Crippen LogP contribution < -0.4 is 10.2 Å². The molecule has 0 aliphatic rings. The molecule has 0 spiro atoms.